The SMILES string of the molecule is Cc1c(C#N)c(C#N)c(C)c2c1C1(CCCCC1)CC21CCCCC1. The molecule has 25 heavy (non-hydrogen) atoms. The summed E-state index contributed by atoms with van der Waals surface area (Å²) < 4.78 is 0. The van der Waals surface area contributed by atoms with E-state index >= 15 is 0 Å². The lowest BCUT2D eigenvalue weighted by molar-refractivity contribution is 0.203. The molecule has 2 saturated carbocycles. The Morgan fingerprint density at radius 1 is 0.640 bits per heavy atom. The number of fused-ring (bicyclic) bond motifs is 3. The van der Waals surface area contributed by atoms with Crippen LogP contribution in [0.3, 0.4) is 0 Å². The predicted molar refractivity (Wildman–Crippen MR) is 99.5 cm³/mol. The molecule has 1 aromatic carbocycles. The molecule has 0 bridgehead atoms. The van der Waals surface area contributed by atoms with Gasteiger partial charge < -0.3 is 0 Å². The largest absolute Gasteiger partial charge is 0.192 e. The summed E-state index contributed by atoms with van der Waals surface area (Å²) in [4.78, 5) is 0. The monoisotopic (exact) mass is 332 g/mol. The maximum absolute atomic E-state index is 9.77. The zero-order valence-electron chi connectivity index (χ0n) is 15.7. The third-order valence-corrected chi connectivity index (χ3v) is 7.58. The third kappa shape index (κ3) is 2.20. The molecule has 2 nitrogen and oxygen atoms in total. The molecule has 0 amide bonds. The van der Waals surface area contributed by atoms with E-state index in [1.54, 1.807) is 0 Å². The van der Waals surface area contributed by atoms with Crippen LogP contribution in [-0.4, -0.2) is 0 Å². The number of nitriles is 2. The Bertz CT molecular complexity index is 724. The molecule has 3 aliphatic rings. The zero-order valence-corrected chi connectivity index (χ0v) is 15.7. The van der Waals surface area contributed by atoms with Crippen LogP contribution in [0.5, 0.6) is 0 Å². The van der Waals surface area contributed by atoms with Crippen LogP contribution in [0.1, 0.15) is 104 Å². The molecule has 1 aromatic rings. The Morgan fingerprint density at radius 3 is 1.32 bits per heavy atom. The van der Waals surface area contributed by atoms with Crippen molar-refractivity contribution in [2.75, 3.05) is 0 Å². The maximum atomic E-state index is 9.77. The van der Waals surface area contributed by atoms with Gasteiger partial charge in [-0.1, -0.05) is 38.5 Å². The lowest BCUT2D eigenvalue weighted by Gasteiger charge is -2.40. The lowest BCUT2D eigenvalue weighted by Crippen LogP contribution is -2.32. The van der Waals surface area contributed by atoms with Crippen molar-refractivity contribution in [3.8, 4) is 12.1 Å². The van der Waals surface area contributed by atoms with Gasteiger partial charge in [-0.15, -0.1) is 0 Å². The molecule has 0 aliphatic heterocycles. The highest BCUT2D eigenvalue weighted by Gasteiger charge is 2.54. The topological polar surface area (TPSA) is 47.6 Å². The quantitative estimate of drug-likeness (QED) is 0.598. The van der Waals surface area contributed by atoms with Gasteiger partial charge in [0.25, 0.3) is 0 Å². The second-order valence-corrected chi connectivity index (χ2v) is 8.83. The van der Waals surface area contributed by atoms with Crippen molar-refractivity contribution in [3.63, 3.8) is 0 Å². The van der Waals surface area contributed by atoms with Gasteiger partial charge in [0.2, 0.25) is 0 Å². The van der Waals surface area contributed by atoms with Crippen LogP contribution in [0, 0.1) is 36.5 Å². The number of benzene rings is 1. The molecule has 0 N–H and O–H groups in total. The minimum atomic E-state index is 0.277. The van der Waals surface area contributed by atoms with Crippen molar-refractivity contribution in [2.45, 2.75) is 95.3 Å². The van der Waals surface area contributed by atoms with E-state index in [0.29, 0.717) is 11.1 Å². The summed E-state index contributed by atoms with van der Waals surface area (Å²) in [5.74, 6) is 0. The fourth-order valence-electron chi connectivity index (χ4n) is 6.74. The van der Waals surface area contributed by atoms with Crippen LogP contribution < -0.4 is 0 Å². The van der Waals surface area contributed by atoms with E-state index in [1.807, 2.05) is 0 Å². The summed E-state index contributed by atoms with van der Waals surface area (Å²) in [7, 11) is 0. The summed E-state index contributed by atoms with van der Waals surface area (Å²) in [6, 6.07) is 4.75. The first kappa shape index (κ1) is 16.7. The van der Waals surface area contributed by atoms with Gasteiger partial charge in [0.1, 0.15) is 12.1 Å². The Balaban J connectivity index is 2.04. The highest BCUT2D eigenvalue weighted by atomic mass is 14.6. The molecule has 0 unspecified atom stereocenters. The number of rotatable bonds is 0. The number of hydrogen-bond acceptors (Lipinski definition) is 2. The summed E-state index contributed by atoms with van der Waals surface area (Å²) in [5, 5.41) is 19.5. The van der Waals surface area contributed by atoms with Crippen molar-refractivity contribution in [2.24, 2.45) is 0 Å². The van der Waals surface area contributed by atoms with Gasteiger partial charge in [-0.3, -0.25) is 0 Å². The van der Waals surface area contributed by atoms with Gasteiger partial charge in [0.15, 0.2) is 0 Å². The Labute approximate surface area is 151 Å². The normalized spacial score (nSPS) is 23.2. The minimum absolute atomic E-state index is 0.277. The summed E-state index contributed by atoms with van der Waals surface area (Å²) in [5.41, 5.74) is 7.11. The minimum Gasteiger partial charge on any atom is -0.192 e. The van der Waals surface area contributed by atoms with Gasteiger partial charge in [-0.25, -0.2) is 0 Å². The molecule has 0 heterocycles. The molecular weight excluding hydrogens is 304 g/mol. The van der Waals surface area contributed by atoms with Gasteiger partial charge in [0, 0.05) is 0 Å². The molecule has 3 aliphatic carbocycles. The molecule has 130 valence electrons. The molecule has 0 aromatic heterocycles. The van der Waals surface area contributed by atoms with Gasteiger partial charge in [-0.05, 0) is 79.0 Å². The first-order chi connectivity index (χ1) is 12.1. The van der Waals surface area contributed by atoms with E-state index in [-0.39, 0.29) is 10.8 Å². The highest BCUT2D eigenvalue weighted by Crippen LogP contribution is 2.62. The first-order valence-corrected chi connectivity index (χ1v) is 10.1. The fourth-order valence-corrected chi connectivity index (χ4v) is 6.74. The van der Waals surface area contributed by atoms with Crippen LogP contribution in [-0.2, 0) is 10.8 Å². The average molecular weight is 332 g/mol. The van der Waals surface area contributed by atoms with Gasteiger partial charge in [-0.2, -0.15) is 10.5 Å². The summed E-state index contributed by atoms with van der Waals surface area (Å²) in [6.07, 6.45) is 14.3. The maximum Gasteiger partial charge on any atom is 0.101 e. The smallest absolute Gasteiger partial charge is 0.101 e. The number of nitrogens with zero attached hydrogens (tertiary/aromatic N) is 2. The zero-order chi connectivity index (χ0) is 17.7. The van der Waals surface area contributed by atoms with Crippen molar-refractivity contribution in [1.29, 1.82) is 10.5 Å². The Hall–Kier alpha value is -1.80. The van der Waals surface area contributed by atoms with E-state index in [1.165, 1.54) is 81.8 Å². The molecule has 2 spiro atoms. The van der Waals surface area contributed by atoms with Crippen molar-refractivity contribution >= 4 is 0 Å². The standard InChI is InChI=1S/C23H28N2/c1-16-18(13-24)19(14-25)17(2)21-20(16)22(9-5-3-6-10-22)15-23(21)11-7-4-8-12-23/h3-12,15H2,1-2H3. The van der Waals surface area contributed by atoms with Crippen molar-refractivity contribution in [1.82, 2.24) is 0 Å². The van der Waals surface area contributed by atoms with E-state index in [0.717, 1.165) is 11.1 Å². The van der Waals surface area contributed by atoms with Crippen molar-refractivity contribution in [3.05, 3.63) is 33.4 Å². The molecule has 2 heteroatoms. The third-order valence-electron chi connectivity index (χ3n) is 7.58. The van der Waals surface area contributed by atoms with E-state index in [2.05, 4.69) is 26.0 Å². The first-order valence-electron chi connectivity index (χ1n) is 10.1. The Kier molecular flexibility index (Phi) is 3.92. The predicted octanol–water partition coefficient (Wildman–Crippen LogP) is 5.85. The summed E-state index contributed by atoms with van der Waals surface area (Å²) >= 11 is 0. The number of hydrogen-bond donors (Lipinski definition) is 0. The molecular formula is C23H28N2. The van der Waals surface area contributed by atoms with E-state index in [4.69, 9.17) is 0 Å². The van der Waals surface area contributed by atoms with Gasteiger partial charge in [0.05, 0.1) is 11.1 Å². The van der Waals surface area contributed by atoms with Crippen LogP contribution in [0.15, 0.2) is 0 Å². The average Bonchev–Trinajstić information content (AvgIpc) is 2.88. The van der Waals surface area contributed by atoms with E-state index < -0.39 is 0 Å². The molecule has 2 fully saturated rings. The van der Waals surface area contributed by atoms with Crippen molar-refractivity contribution < 1.29 is 0 Å². The molecule has 0 radical (unpaired) electrons. The van der Waals surface area contributed by atoms with Gasteiger partial charge >= 0.3 is 0 Å². The van der Waals surface area contributed by atoms with Crippen LogP contribution in [0.2, 0.25) is 0 Å². The molecule has 0 saturated heterocycles. The second-order valence-electron chi connectivity index (χ2n) is 8.83. The second kappa shape index (κ2) is 5.88. The van der Waals surface area contributed by atoms with Crippen LogP contribution in [0.4, 0.5) is 0 Å². The van der Waals surface area contributed by atoms with Crippen LogP contribution in [0.25, 0.3) is 0 Å². The van der Waals surface area contributed by atoms with Crippen LogP contribution >= 0.6 is 0 Å². The lowest BCUT2D eigenvalue weighted by atomic mass is 9.64. The Morgan fingerprint density at radius 2 is 1.00 bits per heavy atom. The molecule has 0 atom stereocenters. The fraction of sp³-hybridized carbons (Fsp3) is 0.652. The molecule has 4 rings (SSSR count). The van der Waals surface area contributed by atoms with E-state index in [9.17, 15) is 10.5 Å². The highest BCUT2D eigenvalue weighted by molar-refractivity contribution is 5.66. The summed E-state index contributed by atoms with van der Waals surface area (Å²) in [6.45, 7) is 4.24.